The summed E-state index contributed by atoms with van der Waals surface area (Å²) in [5.41, 5.74) is 0.673. The predicted molar refractivity (Wildman–Crippen MR) is 118 cm³/mol. The van der Waals surface area contributed by atoms with E-state index in [1.807, 2.05) is 0 Å². The minimum Gasteiger partial charge on any atom is -0.393 e. The smallest absolute Gasteiger partial charge is 0.232 e. The number of Topliss-reactive ketones (excluding diaryl/α,β-unsaturated/α-hetero) is 1. The Morgan fingerprint density at radius 2 is 1.74 bits per heavy atom. The largest absolute Gasteiger partial charge is 0.393 e. The molecule has 2 saturated heterocycles. The minimum absolute atomic E-state index is 0.0736. The number of fused-ring (bicyclic) bond motifs is 7. The Balaban J connectivity index is 1.28. The van der Waals surface area contributed by atoms with Crippen LogP contribution in [0.1, 0.15) is 85.5 Å². The van der Waals surface area contributed by atoms with Crippen molar-refractivity contribution in [3.63, 3.8) is 0 Å². The van der Waals surface area contributed by atoms with Crippen molar-refractivity contribution in [1.82, 2.24) is 0 Å². The van der Waals surface area contributed by atoms with Gasteiger partial charge >= 0.3 is 0 Å². The van der Waals surface area contributed by atoms with Gasteiger partial charge in [0.25, 0.3) is 0 Å². The standard InChI is InChI=1S/C27H42O4/c1-15-11-23(29)27(30-14-15)16(2)24-22(31-27)13-21-19-6-5-17-12-18(28)7-9-25(17,3)20(19)8-10-26(21,24)4/h15-22,24,28H,5-14H2,1-4H3. The second-order valence-electron chi connectivity index (χ2n) is 13.0. The van der Waals surface area contributed by atoms with Crippen LogP contribution in [-0.4, -0.2) is 35.5 Å². The van der Waals surface area contributed by atoms with E-state index in [9.17, 15) is 9.90 Å². The highest BCUT2D eigenvalue weighted by atomic mass is 16.7. The van der Waals surface area contributed by atoms with Crippen LogP contribution in [-0.2, 0) is 14.3 Å². The van der Waals surface area contributed by atoms with Gasteiger partial charge in [-0.15, -0.1) is 0 Å². The molecule has 0 bridgehead atoms. The first-order valence-corrected chi connectivity index (χ1v) is 13.2. The summed E-state index contributed by atoms with van der Waals surface area (Å²) < 4.78 is 12.9. The third kappa shape index (κ3) is 2.68. The summed E-state index contributed by atoms with van der Waals surface area (Å²) in [6.45, 7) is 10.1. The zero-order chi connectivity index (χ0) is 21.8. The van der Waals surface area contributed by atoms with E-state index in [0.29, 0.717) is 42.1 Å². The fraction of sp³-hybridized carbons (Fsp3) is 0.963. The van der Waals surface area contributed by atoms with Crippen molar-refractivity contribution in [3.8, 4) is 0 Å². The molecule has 1 spiro atoms. The first kappa shape index (κ1) is 21.1. The van der Waals surface area contributed by atoms with Crippen molar-refractivity contribution < 1.29 is 19.4 Å². The van der Waals surface area contributed by atoms with Crippen molar-refractivity contribution in [2.45, 2.75) is 103 Å². The van der Waals surface area contributed by atoms with Gasteiger partial charge in [0.15, 0.2) is 5.78 Å². The van der Waals surface area contributed by atoms with Gasteiger partial charge in [-0.05, 0) is 97.7 Å². The summed E-state index contributed by atoms with van der Waals surface area (Å²) in [7, 11) is 0. The summed E-state index contributed by atoms with van der Waals surface area (Å²) in [6, 6.07) is 0. The van der Waals surface area contributed by atoms with Crippen LogP contribution in [0.4, 0.5) is 0 Å². The number of hydrogen-bond acceptors (Lipinski definition) is 4. The number of aliphatic hydroxyl groups excluding tert-OH is 1. The van der Waals surface area contributed by atoms with Gasteiger partial charge in [-0.3, -0.25) is 4.79 Å². The Morgan fingerprint density at radius 3 is 2.52 bits per heavy atom. The van der Waals surface area contributed by atoms with Crippen molar-refractivity contribution in [3.05, 3.63) is 0 Å². The van der Waals surface area contributed by atoms with E-state index in [4.69, 9.17) is 9.47 Å². The molecule has 6 rings (SSSR count). The predicted octanol–water partition coefficient (Wildman–Crippen LogP) is 4.97. The third-order valence-electron chi connectivity index (χ3n) is 11.7. The third-order valence-corrected chi connectivity index (χ3v) is 11.7. The molecule has 4 aliphatic carbocycles. The van der Waals surface area contributed by atoms with E-state index in [1.54, 1.807) is 0 Å². The summed E-state index contributed by atoms with van der Waals surface area (Å²) in [4.78, 5) is 13.1. The Kier molecular flexibility index (Phi) is 4.62. The van der Waals surface area contributed by atoms with Crippen molar-refractivity contribution in [2.75, 3.05) is 6.61 Å². The highest BCUT2D eigenvalue weighted by Gasteiger charge is 2.70. The number of carbonyl (C=O) groups excluding carboxylic acids is 1. The zero-order valence-electron chi connectivity index (χ0n) is 19.9. The highest BCUT2D eigenvalue weighted by molar-refractivity contribution is 5.87. The monoisotopic (exact) mass is 430 g/mol. The highest BCUT2D eigenvalue weighted by Crippen LogP contribution is 2.71. The maximum Gasteiger partial charge on any atom is 0.232 e. The Labute approximate surface area is 187 Å². The average molecular weight is 431 g/mol. The Bertz CT molecular complexity index is 766. The molecule has 4 heteroatoms. The number of ketones is 1. The Morgan fingerprint density at radius 1 is 0.968 bits per heavy atom. The molecule has 0 amide bonds. The summed E-state index contributed by atoms with van der Waals surface area (Å²) in [6.07, 6.45) is 10.2. The first-order valence-electron chi connectivity index (χ1n) is 13.2. The maximum atomic E-state index is 13.1. The lowest BCUT2D eigenvalue weighted by molar-refractivity contribution is -0.252. The van der Waals surface area contributed by atoms with E-state index >= 15 is 0 Å². The summed E-state index contributed by atoms with van der Waals surface area (Å²) >= 11 is 0. The van der Waals surface area contributed by atoms with Crippen LogP contribution in [0.25, 0.3) is 0 Å². The van der Waals surface area contributed by atoms with Gasteiger partial charge in [-0.25, -0.2) is 0 Å². The molecular formula is C27H42O4. The zero-order valence-corrected chi connectivity index (χ0v) is 19.9. The van der Waals surface area contributed by atoms with E-state index in [0.717, 1.165) is 31.1 Å². The molecule has 0 aromatic carbocycles. The molecule has 0 aromatic rings. The second-order valence-corrected chi connectivity index (χ2v) is 13.0. The Hall–Kier alpha value is -0.450. The quantitative estimate of drug-likeness (QED) is 0.589. The normalized spacial score (nSPS) is 60.9. The molecule has 2 heterocycles. The van der Waals surface area contributed by atoms with Gasteiger partial charge in [0, 0.05) is 12.3 Å². The van der Waals surface area contributed by atoms with Crippen molar-refractivity contribution in [1.29, 1.82) is 0 Å². The second kappa shape index (κ2) is 6.79. The van der Waals surface area contributed by atoms with Crippen LogP contribution in [0.5, 0.6) is 0 Å². The number of ether oxygens (including phenoxy) is 2. The van der Waals surface area contributed by atoms with E-state index in [1.165, 1.54) is 32.1 Å². The fourth-order valence-corrected chi connectivity index (χ4v) is 10.2. The molecule has 12 atom stereocenters. The molecule has 2 aliphatic heterocycles. The molecular weight excluding hydrogens is 388 g/mol. The van der Waals surface area contributed by atoms with E-state index in [2.05, 4.69) is 27.7 Å². The molecule has 6 fully saturated rings. The van der Waals surface area contributed by atoms with Gasteiger partial charge in [-0.2, -0.15) is 0 Å². The van der Waals surface area contributed by atoms with Crippen molar-refractivity contribution >= 4 is 5.78 Å². The SMILES string of the molecule is CC1COC2(OC3CC4C5CCC6CC(O)CCC6(C)C5CCC4(C)C3C2C)C(=O)C1. The molecule has 0 radical (unpaired) electrons. The first-order chi connectivity index (χ1) is 14.7. The van der Waals surface area contributed by atoms with Crippen LogP contribution < -0.4 is 0 Å². The number of aliphatic hydroxyl groups is 1. The van der Waals surface area contributed by atoms with Crippen LogP contribution in [0.2, 0.25) is 0 Å². The van der Waals surface area contributed by atoms with Gasteiger partial charge in [-0.1, -0.05) is 27.7 Å². The molecule has 6 aliphatic rings. The molecule has 174 valence electrons. The molecule has 4 nitrogen and oxygen atoms in total. The van der Waals surface area contributed by atoms with Gasteiger partial charge in [0.05, 0.1) is 18.8 Å². The number of rotatable bonds is 0. The lowest BCUT2D eigenvalue weighted by atomic mass is 9.44. The van der Waals surface area contributed by atoms with Crippen molar-refractivity contribution in [2.24, 2.45) is 52.3 Å². The summed E-state index contributed by atoms with van der Waals surface area (Å²) in [5.74, 6) is 3.13. The molecule has 12 unspecified atom stereocenters. The topological polar surface area (TPSA) is 55.8 Å². The average Bonchev–Trinajstić information content (AvgIpc) is 3.17. The maximum absolute atomic E-state index is 13.1. The molecule has 4 saturated carbocycles. The minimum atomic E-state index is -0.962. The van der Waals surface area contributed by atoms with Gasteiger partial charge in [0.1, 0.15) is 0 Å². The number of hydrogen-bond donors (Lipinski definition) is 1. The summed E-state index contributed by atoms with van der Waals surface area (Å²) in [5, 5.41) is 10.3. The lowest BCUT2D eigenvalue weighted by Crippen LogP contribution is -2.56. The van der Waals surface area contributed by atoms with Gasteiger partial charge in [0.2, 0.25) is 5.79 Å². The van der Waals surface area contributed by atoms with Crippen LogP contribution in [0, 0.1) is 52.3 Å². The molecule has 1 N–H and O–H groups in total. The lowest BCUT2D eigenvalue weighted by Gasteiger charge is -2.61. The molecule has 0 aromatic heterocycles. The number of carbonyl (C=O) groups is 1. The van der Waals surface area contributed by atoms with Gasteiger partial charge < -0.3 is 14.6 Å². The van der Waals surface area contributed by atoms with E-state index in [-0.39, 0.29) is 29.3 Å². The van der Waals surface area contributed by atoms with Crippen LogP contribution in [0.15, 0.2) is 0 Å². The van der Waals surface area contributed by atoms with Crippen LogP contribution in [0.3, 0.4) is 0 Å². The fourth-order valence-electron chi connectivity index (χ4n) is 10.2. The molecule has 31 heavy (non-hydrogen) atoms. The van der Waals surface area contributed by atoms with Crippen LogP contribution >= 0.6 is 0 Å². The van der Waals surface area contributed by atoms with E-state index < -0.39 is 5.79 Å².